The van der Waals surface area contributed by atoms with E-state index in [4.69, 9.17) is 10.5 Å². The summed E-state index contributed by atoms with van der Waals surface area (Å²) in [5, 5.41) is 4.11. The molecule has 3 rings (SSSR count). The van der Waals surface area contributed by atoms with Gasteiger partial charge < -0.3 is 14.9 Å². The molecule has 0 aromatic carbocycles. The van der Waals surface area contributed by atoms with Crippen molar-refractivity contribution in [1.29, 1.82) is 0 Å². The minimum absolute atomic E-state index is 0.311. The maximum atomic E-state index is 11.6. The highest BCUT2D eigenvalue weighted by Crippen LogP contribution is 2.14. The van der Waals surface area contributed by atoms with Crippen LogP contribution in [0.1, 0.15) is 17.3 Å². The number of carbonyl (C=O) groups excluding carboxylic acids is 1. The largest absolute Gasteiger partial charge is 0.462 e. The zero-order valence-corrected chi connectivity index (χ0v) is 10.7. The van der Waals surface area contributed by atoms with Crippen molar-refractivity contribution in [3.8, 4) is 5.82 Å². The Morgan fingerprint density at radius 3 is 3.10 bits per heavy atom. The van der Waals surface area contributed by atoms with Crippen molar-refractivity contribution in [2.75, 3.05) is 12.3 Å². The number of aromatic nitrogens is 5. The fraction of sp³-hybridized carbons (Fsp3) is 0.167. The lowest BCUT2D eigenvalue weighted by atomic mass is 10.4. The predicted molar refractivity (Wildman–Crippen MR) is 70.5 cm³/mol. The normalized spacial score (nSPS) is 10.8. The number of anilines is 1. The molecular weight excluding hydrogens is 260 g/mol. The SMILES string of the molecule is CCOC(=O)c1cnn(-c2nc(N)cn3ccnc23)c1. The first-order chi connectivity index (χ1) is 9.69. The number of rotatable bonds is 3. The molecule has 0 saturated carbocycles. The highest BCUT2D eigenvalue weighted by Gasteiger charge is 2.14. The summed E-state index contributed by atoms with van der Waals surface area (Å²) >= 11 is 0. The summed E-state index contributed by atoms with van der Waals surface area (Å²) in [6, 6.07) is 0. The number of carbonyl (C=O) groups is 1. The molecule has 0 aliphatic rings. The number of imidazole rings is 1. The van der Waals surface area contributed by atoms with Gasteiger partial charge >= 0.3 is 5.97 Å². The van der Waals surface area contributed by atoms with Crippen molar-refractivity contribution >= 4 is 17.4 Å². The van der Waals surface area contributed by atoms with Gasteiger partial charge in [0.15, 0.2) is 11.5 Å². The molecule has 0 fully saturated rings. The molecule has 0 aliphatic carbocycles. The van der Waals surface area contributed by atoms with Crippen LogP contribution in [0.25, 0.3) is 11.5 Å². The van der Waals surface area contributed by atoms with E-state index < -0.39 is 5.97 Å². The zero-order valence-electron chi connectivity index (χ0n) is 10.7. The Balaban J connectivity index is 2.07. The Hall–Kier alpha value is -2.90. The summed E-state index contributed by atoms with van der Waals surface area (Å²) < 4.78 is 8.10. The number of nitrogen functional groups attached to an aromatic ring is 1. The van der Waals surface area contributed by atoms with Crippen molar-refractivity contribution in [1.82, 2.24) is 24.1 Å². The molecule has 0 unspecified atom stereocenters. The van der Waals surface area contributed by atoms with Crippen molar-refractivity contribution in [2.45, 2.75) is 6.92 Å². The van der Waals surface area contributed by atoms with Crippen LogP contribution < -0.4 is 5.73 Å². The molecular formula is C12H12N6O2. The fourth-order valence-corrected chi connectivity index (χ4v) is 1.85. The summed E-state index contributed by atoms with van der Waals surface area (Å²) in [6.45, 7) is 2.06. The van der Waals surface area contributed by atoms with E-state index in [0.29, 0.717) is 29.5 Å². The zero-order chi connectivity index (χ0) is 14.1. The van der Waals surface area contributed by atoms with Crippen LogP contribution in [-0.4, -0.2) is 36.7 Å². The molecule has 0 saturated heterocycles. The average Bonchev–Trinajstić information content (AvgIpc) is 3.06. The summed E-state index contributed by atoms with van der Waals surface area (Å²) in [7, 11) is 0. The number of ether oxygens (including phenoxy) is 1. The second-order valence-electron chi connectivity index (χ2n) is 4.04. The molecule has 2 N–H and O–H groups in total. The molecule has 0 amide bonds. The monoisotopic (exact) mass is 272 g/mol. The molecule has 3 aromatic heterocycles. The summed E-state index contributed by atoms with van der Waals surface area (Å²) in [5.74, 6) is 0.353. The molecule has 0 spiro atoms. The first-order valence-corrected chi connectivity index (χ1v) is 6.00. The second kappa shape index (κ2) is 4.65. The lowest BCUT2D eigenvalue weighted by Crippen LogP contribution is -2.06. The van der Waals surface area contributed by atoms with Gasteiger partial charge in [0.25, 0.3) is 0 Å². The van der Waals surface area contributed by atoms with Crippen LogP contribution in [-0.2, 0) is 4.74 Å². The number of esters is 1. The van der Waals surface area contributed by atoms with Gasteiger partial charge in [-0.1, -0.05) is 0 Å². The van der Waals surface area contributed by atoms with Crippen LogP contribution >= 0.6 is 0 Å². The second-order valence-corrected chi connectivity index (χ2v) is 4.04. The van der Waals surface area contributed by atoms with E-state index in [1.54, 1.807) is 29.9 Å². The van der Waals surface area contributed by atoms with Gasteiger partial charge in [0.1, 0.15) is 5.82 Å². The van der Waals surface area contributed by atoms with Crippen LogP contribution in [0, 0.1) is 0 Å². The van der Waals surface area contributed by atoms with Crippen molar-refractivity contribution in [3.05, 3.63) is 36.5 Å². The Morgan fingerprint density at radius 2 is 2.30 bits per heavy atom. The smallest absolute Gasteiger partial charge is 0.341 e. The van der Waals surface area contributed by atoms with Crippen LogP contribution in [0.4, 0.5) is 5.82 Å². The first-order valence-electron chi connectivity index (χ1n) is 6.00. The third kappa shape index (κ3) is 1.96. The quantitative estimate of drug-likeness (QED) is 0.703. The molecule has 0 bridgehead atoms. The number of nitrogens with two attached hydrogens (primary N) is 1. The molecule has 20 heavy (non-hydrogen) atoms. The van der Waals surface area contributed by atoms with Crippen LogP contribution in [0.2, 0.25) is 0 Å². The molecule has 8 heteroatoms. The highest BCUT2D eigenvalue weighted by atomic mass is 16.5. The maximum absolute atomic E-state index is 11.6. The Morgan fingerprint density at radius 1 is 1.45 bits per heavy atom. The topological polar surface area (TPSA) is 100 Å². The van der Waals surface area contributed by atoms with Gasteiger partial charge in [0, 0.05) is 18.6 Å². The van der Waals surface area contributed by atoms with Gasteiger partial charge in [0.05, 0.1) is 24.6 Å². The van der Waals surface area contributed by atoms with Gasteiger partial charge in [-0.25, -0.2) is 19.4 Å². The average molecular weight is 272 g/mol. The van der Waals surface area contributed by atoms with Gasteiger partial charge in [-0.15, -0.1) is 0 Å². The van der Waals surface area contributed by atoms with Crippen molar-refractivity contribution in [3.63, 3.8) is 0 Å². The van der Waals surface area contributed by atoms with E-state index >= 15 is 0 Å². The summed E-state index contributed by atoms with van der Waals surface area (Å²) in [4.78, 5) is 20.0. The standard InChI is InChI=1S/C12H12N6O2/c1-2-20-12(19)8-5-15-18(6-8)11-10-14-3-4-17(10)7-9(13)16-11/h3-7H,2,13H2,1H3. The molecule has 0 aliphatic heterocycles. The van der Waals surface area contributed by atoms with Crippen molar-refractivity contribution < 1.29 is 9.53 Å². The minimum Gasteiger partial charge on any atom is -0.462 e. The van der Waals surface area contributed by atoms with Gasteiger partial charge in [-0.2, -0.15) is 5.10 Å². The van der Waals surface area contributed by atoms with E-state index in [1.165, 1.54) is 17.1 Å². The van der Waals surface area contributed by atoms with Crippen molar-refractivity contribution in [2.24, 2.45) is 0 Å². The molecule has 8 nitrogen and oxygen atoms in total. The van der Waals surface area contributed by atoms with Gasteiger partial charge in [-0.05, 0) is 6.92 Å². The van der Waals surface area contributed by atoms with Crippen LogP contribution in [0.5, 0.6) is 0 Å². The molecule has 0 atom stereocenters. The highest BCUT2D eigenvalue weighted by molar-refractivity contribution is 5.88. The van der Waals surface area contributed by atoms with E-state index in [1.807, 2.05) is 0 Å². The fourth-order valence-electron chi connectivity index (χ4n) is 1.85. The van der Waals surface area contributed by atoms with Crippen LogP contribution in [0.15, 0.2) is 31.0 Å². The molecule has 3 aromatic rings. The predicted octanol–water partition coefficient (Wildman–Crippen LogP) is 0.674. The number of hydrogen-bond donors (Lipinski definition) is 1. The lowest BCUT2D eigenvalue weighted by molar-refractivity contribution is 0.0526. The molecule has 3 heterocycles. The Kier molecular flexibility index (Phi) is 2.82. The minimum atomic E-state index is -0.429. The third-order valence-corrected chi connectivity index (χ3v) is 2.69. The van der Waals surface area contributed by atoms with E-state index in [0.717, 1.165) is 0 Å². The molecule has 102 valence electrons. The summed E-state index contributed by atoms with van der Waals surface area (Å²) in [5.41, 5.74) is 6.69. The third-order valence-electron chi connectivity index (χ3n) is 2.69. The first kappa shape index (κ1) is 12.2. The van der Waals surface area contributed by atoms with E-state index in [2.05, 4.69) is 15.1 Å². The Bertz CT molecular complexity index is 775. The van der Waals surface area contributed by atoms with E-state index in [9.17, 15) is 4.79 Å². The number of fused-ring (bicyclic) bond motifs is 1. The number of hydrogen-bond acceptors (Lipinski definition) is 6. The van der Waals surface area contributed by atoms with Crippen LogP contribution in [0.3, 0.4) is 0 Å². The maximum Gasteiger partial charge on any atom is 0.341 e. The van der Waals surface area contributed by atoms with Gasteiger partial charge in [0.2, 0.25) is 0 Å². The lowest BCUT2D eigenvalue weighted by Gasteiger charge is -2.04. The van der Waals surface area contributed by atoms with E-state index in [-0.39, 0.29) is 0 Å². The van der Waals surface area contributed by atoms with Gasteiger partial charge in [-0.3, -0.25) is 0 Å². The molecule has 0 radical (unpaired) electrons. The Labute approximate surface area is 113 Å². The number of nitrogens with zero attached hydrogens (tertiary/aromatic N) is 5. The summed E-state index contributed by atoms with van der Waals surface area (Å²) in [6.07, 6.45) is 8.00.